The van der Waals surface area contributed by atoms with E-state index >= 15 is 0 Å². The van der Waals surface area contributed by atoms with Gasteiger partial charge in [-0.15, -0.1) is 6.61 Å². The van der Waals surface area contributed by atoms with Crippen LogP contribution in [0.3, 0.4) is 0 Å². The van der Waals surface area contributed by atoms with E-state index in [1.54, 1.807) is 53.4 Å². The van der Waals surface area contributed by atoms with Crippen LogP contribution in [0.1, 0.15) is 136 Å². The molecule has 57 heavy (non-hydrogen) atoms. The van der Waals surface area contributed by atoms with Crippen molar-refractivity contribution in [3.8, 4) is 0 Å². The normalized spacial score (nSPS) is 18.9. The van der Waals surface area contributed by atoms with Crippen molar-refractivity contribution in [2.45, 2.75) is 181 Å². The third-order valence-electron chi connectivity index (χ3n) is 7.99. The van der Waals surface area contributed by atoms with Crippen LogP contribution in [-0.2, 0) is 33.3 Å². The number of likely N-dealkylation sites (tertiary alicyclic amines) is 2. The molecule has 330 valence electrons. The monoisotopic (exact) mass is 892 g/mol. The van der Waals surface area contributed by atoms with Crippen LogP contribution in [0, 0.1) is 11.8 Å². The largest absolute Gasteiger partial charge is 1.00 e. The van der Waals surface area contributed by atoms with Gasteiger partial charge in [-0.05, 0) is 128 Å². The second kappa shape index (κ2) is 28.4. The number of carbonyl (C=O) groups is 5. The van der Waals surface area contributed by atoms with E-state index in [1.807, 2.05) is 109 Å². The number of hydrogen-bond acceptors (Lipinski definition) is 13. The molecule has 2 rings (SSSR count). The van der Waals surface area contributed by atoms with E-state index in [0.29, 0.717) is 13.1 Å². The standard InChI is InChI=1S/2C18H33NO4S.C3H6OS.C2H5O.K/c2*1-12(15(20)22-17(2,3)4)14(24-8)13-10-9-11-19(13)16(21)23-18(5,6)7;1-3(4)5-2;1-2-3;/h2*12-14H,9-11H2,1-8H3;1-2H3;2H2,1H3;/q;;;-1;+1/t12-,13+,14-;12-,13-,14+;;;/m10.../s1. The minimum atomic E-state index is -0.518. The number of hydrogen-bond donors (Lipinski definition) is 0. The van der Waals surface area contributed by atoms with E-state index in [4.69, 9.17) is 24.1 Å². The smallest absolute Gasteiger partial charge is 0.855 e. The molecule has 2 aliphatic heterocycles. The average molecular weight is 893 g/mol. The maximum atomic E-state index is 12.5. The average Bonchev–Trinajstić information content (AvgIpc) is 3.70. The predicted molar refractivity (Wildman–Crippen MR) is 231 cm³/mol. The Morgan fingerprint density at radius 1 is 0.614 bits per heavy atom. The number of thioether (sulfide) groups is 3. The van der Waals surface area contributed by atoms with Crippen molar-refractivity contribution in [2.75, 3.05) is 38.5 Å². The molecule has 2 fully saturated rings. The van der Waals surface area contributed by atoms with E-state index in [1.165, 1.54) is 11.8 Å². The molecule has 0 radical (unpaired) electrons. The van der Waals surface area contributed by atoms with Crippen molar-refractivity contribution >= 4 is 64.5 Å². The summed E-state index contributed by atoms with van der Waals surface area (Å²) in [5, 5.41) is 9.09. The maximum absolute atomic E-state index is 12.5. The van der Waals surface area contributed by atoms with Gasteiger partial charge in [0.2, 0.25) is 0 Å². The van der Waals surface area contributed by atoms with Gasteiger partial charge in [-0.2, -0.15) is 23.5 Å². The summed E-state index contributed by atoms with van der Waals surface area (Å²) in [5.74, 6) is -0.990. The number of amides is 2. The molecule has 2 amide bonds. The fourth-order valence-corrected chi connectivity index (χ4v) is 8.04. The molecule has 0 spiro atoms. The third kappa shape index (κ3) is 26.7. The van der Waals surface area contributed by atoms with Gasteiger partial charge in [0, 0.05) is 42.6 Å². The molecule has 0 N–H and O–H groups in total. The summed E-state index contributed by atoms with van der Waals surface area (Å²) in [6, 6.07) is -0.00487. The SMILES string of the molecule is CC[O-].CSC(C)=O.CS[C@H]([C@@H](C)C(=O)OC(C)(C)C)[C@@H]1CCCN1C(=O)OC(C)(C)C.CS[C@H]([C@H](C)C(=O)OC(C)(C)C)[C@@H]1CCCN1C(=O)OC(C)(C)C.[K+]. The summed E-state index contributed by atoms with van der Waals surface area (Å²) in [6.45, 7) is 30.7. The van der Waals surface area contributed by atoms with Crippen LogP contribution >= 0.6 is 35.3 Å². The van der Waals surface area contributed by atoms with Gasteiger partial charge < -0.3 is 33.9 Å². The van der Waals surface area contributed by atoms with Crippen LogP contribution in [0.5, 0.6) is 0 Å². The number of rotatable bonds is 8. The molecule has 0 aliphatic carbocycles. The fraction of sp³-hybridized carbons (Fsp3) is 0.878. The summed E-state index contributed by atoms with van der Waals surface area (Å²) < 4.78 is 22.1. The molecule has 2 aliphatic rings. The second-order valence-corrected chi connectivity index (χ2v) is 20.8. The zero-order chi connectivity index (χ0) is 44.4. The van der Waals surface area contributed by atoms with Gasteiger partial charge in [0.15, 0.2) is 5.12 Å². The zero-order valence-electron chi connectivity index (χ0n) is 39.1. The molecule has 0 unspecified atom stereocenters. The first-order valence-corrected chi connectivity index (χ1v) is 23.3. The van der Waals surface area contributed by atoms with E-state index < -0.39 is 22.4 Å². The van der Waals surface area contributed by atoms with Crippen molar-refractivity contribution in [1.29, 1.82) is 0 Å². The quantitative estimate of drug-likeness (QED) is 0.173. The number of carbonyl (C=O) groups excluding carboxylic acids is 5. The van der Waals surface area contributed by atoms with Crippen molar-refractivity contribution in [1.82, 2.24) is 9.80 Å². The van der Waals surface area contributed by atoms with Gasteiger partial charge in [-0.1, -0.05) is 32.5 Å². The topological polar surface area (TPSA) is 152 Å². The fourth-order valence-electron chi connectivity index (χ4n) is 5.81. The van der Waals surface area contributed by atoms with Gasteiger partial charge in [-0.25, -0.2) is 9.59 Å². The summed E-state index contributed by atoms with van der Waals surface area (Å²) in [4.78, 5) is 63.2. The van der Waals surface area contributed by atoms with Gasteiger partial charge in [0.05, 0.1) is 11.8 Å². The van der Waals surface area contributed by atoms with Crippen molar-refractivity contribution in [2.24, 2.45) is 11.8 Å². The van der Waals surface area contributed by atoms with E-state index in [2.05, 4.69) is 0 Å². The van der Waals surface area contributed by atoms with E-state index in [9.17, 15) is 24.0 Å². The minimum Gasteiger partial charge on any atom is -0.855 e. The van der Waals surface area contributed by atoms with Crippen LogP contribution in [0.4, 0.5) is 9.59 Å². The molecule has 0 bridgehead atoms. The van der Waals surface area contributed by atoms with Crippen LogP contribution in [-0.4, -0.2) is 122 Å². The molecule has 2 heterocycles. The first-order chi connectivity index (χ1) is 25.4. The van der Waals surface area contributed by atoms with E-state index in [0.717, 1.165) is 25.7 Å². The first-order valence-electron chi connectivity index (χ1n) is 19.5. The Hall–Kier alpha value is -0.204. The van der Waals surface area contributed by atoms with Gasteiger partial charge in [0.25, 0.3) is 0 Å². The van der Waals surface area contributed by atoms with Gasteiger partial charge >= 0.3 is 75.5 Å². The Bertz CT molecular complexity index is 1130. The predicted octanol–water partition coefficient (Wildman–Crippen LogP) is 5.46. The number of esters is 2. The molecule has 0 aromatic rings. The van der Waals surface area contributed by atoms with Crippen LogP contribution in [0.25, 0.3) is 0 Å². The third-order valence-corrected chi connectivity index (χ3v) is 11.1. The zero-order valence-corrected chi connectivity index (χ0v) is 44.7. The summed E-state index contributed by atoms with van der Waals surface area (Å²) in [6.07, 6.45) is 8.79. The molecule has 2 saturated heterocycles. The molecule has 16 heteroatoms. The Kier molecular flexibility index (Phi) is 30.4. The maximum Gasteiger partial charge on any atom is 1.00 e. The molecular formula is C41H77KN2O10S3. The van der Waals surface area contributed by atoms with Crippen molar-refractivity contribution in [3.05, 3.63) is 0 Å². The molecule has 0 aromatic carbocycles. The number of nitrogens with zero attached hydrogens (tertiary/aromatic N) is 2. The molecule has 0 aromatic heterocycles. The summed E-state index contributed by atoms with van der Waals surface area (Å²) >= 11 is 4.48. The van der Waals surface area contributed by atoms with E-state index in [-0.39, 0.29) is 122 Å². The molecule has 6 atom stereocenters. The Labute approximate surface area is 401 Å². The number of ether oxygens (including phenoxy) is 4. The Morgan fingerprint density at radius 2 is 0.860 bits per heavy atom. The van der Waals surface area contributed by atoms with Crippen LogP contribution < -0.4 is 56.5 Å². The minimum absolute atomic E-state index is 0. The van der Waals surface area contributed by atoms with Crippen LogP contribution in [0.2, 0.25) is 0 Å². The Balaban J connectivity index is -0.000000847. The molecule has 12 nitrogen and oxygen atoms in total. The van der Waals surface area contributed by atoms with Crippen molar-refractivity contribution < 1.29 is 99.4 Å². The Morgan fingerprint density at radius 3 is 1.05 bits per heavy atom. The van der Waals surface area contributed by atoms with Gasteiger partial charge in [0.1, 0.15) is 22.4 Å². The summed E-state index contributed by atoms with van der Waals surface area (Å²) in [5.41, 5.74) is -2.05. The van der Waals surface area contributed by atoms with Crippen molar-refractivity contribution in [3.63, 3.8) is 0 Å². The second-order valence-electron chi connectivity index (χ2n) is 17.8. The summed E-state index contributed by atoms with van der Waals surface area (Å²) in [7, 11) is 0. The first kappa shape index (κ1) is 61.1. The van der Waals surface area contributed by atoms with Gasteiger partial charge in [-0.3, -0.25) is 14.4 Å². The van der Waals surface area contributed by atoms with Crippen LogP contribution in [0.15, 0.2) is 0 Å². The molecular weight excluding hydrogens is 816 g/mol. The molecule has 0 saturated carbocycles.